The van der Waals surface area contributed by atoms with Crippen LogP contribution in [0.3, 0.4) is 0 Å². The van der Waals surface area contributed by atoms with Gasteiger partial charge in [-0.1, -0.05) is 17.7 Å². The Balaban J connectivity index is 1.10. The number of nitrogens with two attached hydrogens (primary N) is 1. The highest BCUT2D eigenvalue weighted by Crippen LogP contribution is 2.47. The fourth-order valence-corrected chi connectivity index (χ4v) is 8.18. The van der Waals surface area contributed by atoms with Crippen molar-refractivity contribution in [3.63, 3.8) is 0 Å². The van der Waals surface area contributed by atoms with E-state index in [0.717, 1.165) is 36.1 Å². The number of carbonyl (C=O) groups is 2. The largest absolute Gasteiger partial charge is 0.491 e. The second-order valence-electron chi connectivity index (χ2n) is 13.0. The average Bonchev–Trinajstić information content (AvgIpc) is 3.69. The molecule has 4 heterocycles. The minimum Gasteiger partial charge on any atom is -0.491 e. The van der Waals surface area contributed by atoms with Gasteiger partial charge in [0.15, 0.2) is 11.6 Å². The van der Waals surface area contributed by atoms with Crippen LogP contribution in [0.2, 0.25) is 5.02 Å². The fourth-order valence-electron chi connectivity index (χ4n) is 6.89. The average molecular weight is 709 g/mol. The Hall–Kier alpha value is -4.32. The minimum absolute atomic E-state index is 0.00105. The monoisotopic (exact) mass is 708 g/mol. The summed E-state index contributed by atoms with van der Waals surface area (Å²) >= 11 is 7.71. The summed E-state index contributed by atoms with van der Waals surface area (Å²) in [5, 5.41) is 14.3. The number of nitrogens with zero attached hydrogens (tertiary/aromatic N) is 7. The molecule has 7 rings (SSSR count). The van der Waals surface area contributed by atoms with Crippen LogP contribution in [0.1, 0.15) is 73.6 Å². The molecule has 1 saturated carbocycles. The van der Waals surface area contributed by atoms with E-state index in [2.05, 4.69) is 15.0 Å². The van der Waals surface area contributed by atoms with Gasteiger partial charge < -0.3 is 20.3 Å². The van der Waals surface area contributed by atoms with Crippen molar-refractivity contribution in [2.45, 2.75) is 64.0 Å². The summed E-state index contributed by atoms with van der Waals surface area (Å²) in [5.74, 6) is -0.709. The zero-order valence-electron chi connectivity index (χ0n) is 27.1. The number of carbonyl (C=O) groups excluding carboxylic acids is 2. The van der Waals surface area contributed by atoms with Crippen LogP contribution in [0.4, 0.5) is 18.6 Å². The number of anilines is 1. The van der Waals surface area contributed by atoms with Crippen LogP contribution >= 0.6 is 22.9 Å². The van der Waals surface area contributed by atoms with Crippen LogP contribution in [-0.2, 0) is 0 Å². The quantitative estimate of drug-likeness (QED) is 0.242. The molecule has 11 nitrogen and oxygen atoms in total. The number of aromatic nitrogens is 3. The number of amides is 2. The molecule has 15 heteroatoms. The Labute approximate surface area is 290 Å². The van der Waals surface area contributed by atoms with Gasteiger partial charge in [0, 0.05) is 48.6 Å². The van der Waals surface area contributed by atoms with E-state index in [-0.39, 0.29) is 72.8 Å². The molecular formula is C34H35ClF2N8O3S. The van der Waals surface area contributed by atoms with Crippen LogP contribution in [0.15, 0.2) is 24.5 Å². The van der Waals surface area contributed by atoms with Gasteiger partial charge in [0.25, 0.3) is 5.91 Å². The van der Waals surface area contributed by atoms with Gasteiger partial charge in [-0.25, -0.2) is 18.6 Å². The normalized spacial score (nSPS) is 17.5. The Kier molecular flexibility index (Phi) is 8.93. The third-order valence-corrected chi connectivity index (χ3v) is 10.8. The number of rotatable bonds is 6. The summed E-state index contributed by atoms with van der Waals surface area (Å²) in [6.07, 6.45) is 5.56. The maximum absolute atomic E-state index is 16.0. The molecular weight excluding hydrogens is 674 g/mol. The molecule has 2 aliphatic heterocycles. The highest BCUT2D eigenvalue weighted by atomic mass is 35.5. The van der Waals surface area contributed by atoms with Gasteiger partial charge >= 0.3 is 6.03 Å². The number of nitrogen functional groups attached to an aromatic ring is 1. The van der Waals surface area contributed by atoms with E-state index in [9.17, 15) is 19.2 Å². The van der Waals surface area contributed by atoms with Crippen LogP contribution in [0.5, 0.6) is 5.75 Å². The van der Waals surface area contributed by atoms with Crippen LogP contribution in [-0.4, -0.2) is 86.4 Å². The predicted octanol–water partition coefficient (Wildman–Crippen LogP) is 6.45. The molecule has 2 fully saturated rings. The van der Waals surface area contributed by atoms with E-state index in [1.807, 2.05) is 24.8 Å². The molecule has 1 aliphatic carbocycles. The molecule has 4 aromatic rings. The molecule has 0 radical (unpaired) electrons. The topological polar surface area (TPSA) is 134 Å². The first-order valence-corrected chi connectivity index (χ1v) is 17.6. The molecule has 0 unspecified atom stereocenters. The lowest BCUT2D eigenvalue weighted by Gasteiger charge is -2.41. The molecule has 256 valence electrons. The van der Waals surface area contributed by atoms with Crippen molar-refractivity contribution >= 4 is 50.0 Å². The van der Waals surface area contributed by atoms with E-state index in [1.54, 1.807) is 4.90 Å². The lowest BCUT2D eigenvalue weighted by molar-refractivity contribution is 0.0465. The highest BCUT2D eigenvalue weighted by Gasteiger charge is 2.35. The standard InChI is InChI=1S/C34H35ClF2N8O3S/c1-18(2)45(34(47)44-16-40-32(41-44)19-4-5-19)20-8-11-42(12-9-20)17-43-10-3-13-48-29-22(33(43)46)14-25(37)27(28(29)35)21-6-7-24(36)30-26(21)23(15-38)31(39)49-30/h6-7,14,16,18-20H,3-5,8-13,17,39H2,1-2H3. The summed E-state index contributed by atoms with van der Waals surface area (Å²) in [6.45, 7) is 6.23. The second-order valence-corrected chi connectivity index (χ2v) is 14.5. The third kappa shape index (κ3) is 6.08. The summed E-state index contributed by atoms with van der Waals surface area (Å²) in [6, 6.07) is 5.40. The molecule has 0 bridgehead atoms. The third-order valence-electron chi connectivity index (χ3n) is 9.46. The van der Waals surface area contributed by atoms with Crippen molar-refractivity contribution in [1.82, 2.24) is 29.5 Å². The lowest BCUT2D eigenvalue weighted by atomic mass is 9.96. The maximum Gasteiger partial charge on any atom is 0.346 e. The SMILES string of the molecule is CC(C)N(C(=O)n1cnc(C2CC2)n1)C1CCN(CN2CCCOc3c(cc(F)c(-c4ccc(F)c5sc(N)c(C#N)c45)c3Cl)C2=O)CC1. The molecule has 1 saturated heterocycles. The van der Waals surface area contributed by atoms with E-state index in [0.29, 0.717) is 51.5 Å². The number of piperidine rings is 1. The van der Waals surface area contributed by atoms with Gasteiger partial charge in [-0.05, 0) is 63.6 Å². The van der Waals surface area contributed by atoms with Crippen molar-refractivity contribution in [1.29, 1.82) is 5.26 Å². The molecule has 3 aliphatic rings. The molecule has 0 atom stereocenters. The van der Waals surface area contributed by atoms with E-state index in [1.165, 1.54) is 23.1 Å². The van der Waals surface area contributed by atoms with E-state index < -0.39 is 17.5 Å². The highest BCUT2D eigenvalue weighted by molar-refractivity contribution is 7.23. The number of nitriles is 1. The van der Waals surface area contributed by atoms with Crippen LogP contribution in [0, 0.1) is 23.0 Å². The number of benzene rings is 2. The molecule has 2 N–H and O–H groups in total. The Morgan fingerprint density at radius 1 is 1.18 bits per heavy atom. The van der Waals surface area contributed by atoms with Crippen molar-refractivity contribution in [3.8, 4) is 22.9 Å². The maximum atomic E-state index is 16.0. The number of thiophene rings is 1. The van der Waals surface area contributed by atoms with Gasteiger partial charge in [-0.2, -0.15) is 9.94 Å². The Morgan fingerprint density at radius 2 is 1.94 bits per heavy atom. The van der Waals surface area contributed by atoms with Gasteiger partial charge in [0.1, 0.15) is 29.0 Å². The van der Waals surface area contributed by atoms with Crippen molar-refractivity contribution in [2.75, 3.05) is 38.6 Å². The molecule has 2 aromatic heterocycles. The first kappa shape index (κ1) is 33.2. The summed E-state index contributed by atoms with van der Waals surface area (Å²) in [5.41, 5.74) is 6.11. The zero-order chi connectivity index (χ0) is 34.6. The minimum atomic E-state index is -0.807. The number of hydrogen-bond acceptors (Lipinski definition) is 9. The van der Waals surface area contributed by atoms with Crippen LogP contribution < -0.4 is 10.5 Å². The molecule has 0 spiro atoms. The number of halogens is 3. The smallest absolute Gasteiger partial charge is 0.346 e. The number of hydrogen-bond donors (Lipinski definition) is 1. The van der Waals surface area contributed by atoms with E-state index in [4.69, 9.17) is 22.1 Å². The Morgan fingerprint density at radius 3 is 2.63 bits per heavy atom. The van der Waals surface area contributed by atoms with Gasteiger partial charge in [-0.3, -0.25) is 9.69 Å². The summed E-state index contributed by atoms with van der Waals surface area (Å²) in [7, 11) is 0. The van der Waals surface area contributed by atoms with Gasteiger partial charge in [0.2, 0.25) is 0 Å². The zero-order valence-corrected chi connectivity index (χ0v) is 28.7. The van der Waals surface area contributed by atoms with Crippen molar-refractivity contribution < 1.29 is 23.1 Å². The summed E-state index contributed by atoms with van der Waals surface area (Å²) in [4.78, 5) is 37.5. The van der Waals surface area contributed by atoms with Crippen molar-refractivity contribution in [3.05, 3.63) is 58.1 Å². The Bertz CT molecular complexity index is 2000. The van der Waals surface area contributed by atoms with E-state index >= 15 is 4.39 Å². The first-order valence-electron chi connectivity index (χ1n) is 16.4. The lowest BCUT2D eigenvalue weighted by Crippen LogP contribution is -2.53. The molecule has 2 aromatic carbocycles. The van der Waals surface area contributed by atoms with Crippen molar-refractivity contribution in [2.24, 2.45) is 0 Å². The van der Waals surface area contributed by atoms with Crippen LogP contribution in [0.25, 0.3) is 21.2 Å². The number of likely N-dealkylation sites (tertiary alicyclic amines) is 1. The number of fused-ring (bicyclic) bond motifs is 2. The predicted molar refractivity (Wildman–Crippen MR) is 182 cm³/mol. The summed E-state index contributed by atoms with van der Waals surface area (Å²) < 4.78 is 38.2. The molecule has 49 heavy (non-hydrogen) atoms. The second kappa shape index (κ2) is 13.2. The number of ether oxygens (including phenoxy) is 1. The van der Waals surface area contributed by atoms with Gasteiger partial charge in [-0.15, -0.1) is 16.4 Å². The first-order chi connectivity index (χ1) is 23.6. The fraction of sp³-hybridized carbons (Fsp3) is 0.441. The van der Waals surface area contributed by atoms with Gasteiger partial charge in [0.05, 0.1) is 34.1 Å². The molecule has 2 amide bonds.